The van der Waals surface area contributed by atoms with Crippen LogP contribution in [-0.2, 0) is 16.0 Å². The first kappa shape index (κ1) is 18.3. The molecule has 0 spiro atoms. The van der Waals surface area contributed by atoms with E-state index in [1.165, 1.54) is 18.2 Å². The van der Waals surface area contributed by atoms with Crippen LogP contribution in [0.2, 0.25) is 0 Å². The number of likely N-dealkylation sites (tertiary alicyclic amines) is 1. The second kappa shape index (κ2) is 8.19. The number of carbonyl (C=O) groups excluding carboxylic acids is 1. The van der Waals surface area contributed by atoms with E-state index in [-0.39, 0.29) is 24.4 Å². The summed E-state index contributed by atoms with van der Waals surface area (Å²) in [6, 6.07) is 3.25. The van der Waals surface area contributed by atoms with Crippen molar-refractivity contribution >= 4 is 11.9 Å². The Hall–Kier alpha value is -2.02. The summed E-state index contributed by atoms with van der Waals surface area (Å²) in [5.41, 5.74) is -0.0470. The Kier molecular flexibility index (Phi) is 6.25. The number of aliphatic carboxylic acids is 1. The molecule has 1 aromatic carbocycles. The van der Waals surface area contributed by atoms with Crippen LogP contribution in [0.4, 0.5) is 8.78 Å². The molecule has 0 saturated carbocycles. The minimum atomic E-state index is -0.844. The molecule has 2 atom stereocenters. The molecule has 24 heavy (non-hydrogen) atoms. The van der Waals surface area contributed by atoms with Gasteiger partial charge in [0.05, 0.1) is 12.5 Å². The molecule has 7 heteroatoms. The SMILES string of the molecule is CC(Cc1c(F)cccc1F)NC(=O)CN1CCCC(C(=O)O)C1. The Balaban J connectivity index is 1.84. The van der Waals surface area contributed by atoms with Gasteiger partial charge in [-0.15, -0.1) is 0 Å². The van der Waals surface area contributed by atoms with Gasteiger partial charge < -0.3 is 10.4 Å². The van der Waals surface area contributed by atoms with Crippen molar-refractivity contribution < 1.29 is 23.5 Å². The largest absolute Gasteiger partial charge is 0.481 e. The number of amides is 1. The van der Waals surface area contributed by atoms with Crippen LogP contribution >= 0.6 is 0 Å². The summed E-state index contributed by atoms with van der Waals surface area (Å²) < 4.78 is 27.2. The van der Waals surface area contributed by atoms with Crippen molar-refractivity contribution in [2.24, 2.45) is 5.92 Å². The van der Waals surface area contributed by atoms with Crippen LogP contribution in [0.3, 0.4) is 0 Å². The number of benzene rings is 1. The van der Waals surface area contributed by atoms with E-state index >= 15 is 0 Å². The number of nitrogens with zero attached hydrogens (tertiary/aromatic N) is 1. The Labute approximate surface area is 139 Å². The van der Waals surface area contributed by atoms with Crippen LogP contribution in [0.25, 0.3) is 0 Å². The van der Waals surface area contributed by atoms with Gasteiger partial charge in [-0.05, 0) is 44.9 Å². The predicted octanol–water partition coefficient (Wildman–Crippen LogP) is 1.81. The van der Waals surface area contributed by atoms with Crippen LogP contribution < -0.4 is 5.32 Å². The summed E-state index contributed by atoms with van der Waals surface area (Å²) in [5, 5.41) is 11.8. The molecule has 1 saturated heterocycles. The van der Waals surface area contributed by atoms with Gasteiger partial charge in [0.25, 0.3) is 0 Å². The number of carboxylic acid groups (broad SMARTS) is 1. The first-order valence-corrected chi connectivity index (χ1v) is 8.04. The summed E-state index contributed by atoms with van der Waals surface area (Å²) >= 11 is 0. The number of piperidine rings is 1. The quantitative estimate of drug-likeness (QED) is 0.829. The monoisotopic (exact) mass is 340 g/mol. The number of hydrogen-bond donors (Lipinski definition) is 2. The summed E-state index contributed by atoms with van der Waals surface area (Å²) in [4.78, 5) is 24.9. The number of carbonyl (C=O) groups is 2. The Morgan fingerprint density at radius 1 is 1.38 bits per heavy atom. The molecule has 2 unspecified atom stereocenters. The van der Waals surface area contributed by atoms with Gasteiger partial charge in [0, 0.05) is 18.2 Å². The third-order valence-electron chi connectivity index (χ3n) is 4.20. The van der Waals surface area contributed by atoms with Gasteiger partial charge in [0.1, 0.15) is 11.6 Å². The molecule has 1 amide bonds. The number of rotatable bonds is 6. The Morgan fingerprint density at radius 3 is 2.67 bits per heavy atom. The zero-order chi connectivity index (χ0) is 17.7. The molecule has 2 rings (SSSR count). The molecule has 1 aliphatic rings. The second-order valence-electron chi connectivity index (χ2n) is 6.29. The lowest BCUT2D eigenvalue weighted by Gasteiger charge is -2.30. The van der Waals surface area contributed by atoms with Crippen molar-refractivity contribution in [3.05, 3.63) is 35.4 Å². The molecule has 5 nitrogen and oxygen atoms in total. The molecular formula is C17H22F2N2O3. The highest BCUT2D eigenvalue weighted by Gasteiger charge is 2.26. The van der Waals surface area contributed by atoms with E-state index in [1.54, 1.807) is 11.8 Å². The first-order valence-electron chi connectivity index (χ1n) is 8.04. The lowest BCUT2D eigenvalue weighted by molar-refractivity contribution is -0.144. The first-order chi connectivity index (χ1) is 11.4. The highest BCUT2D eigenvalue weighted by atomic mass is 19.1. The molecular weight excluding hydrogens is 318 g/mol. The van der Waals surface area contributed by atoms with Crippen LogP contribution in [-0.4, -0.2) is 47.6 Å². The molecule has 0 radical (unpaired) electrons. The zero-order valence-electron chi connectivity index (χ0n) is 13.6. The minimum absolute atomic E-state index is 0.0470. The number of hydrogen-bond acceptors (Lipinski definition) is 3. The average Bonchev–Trinajstić information content (AvgIpc) is 2.51. The van der Waals surface area contributed by atoms with E-state index in [1.807, 2.05) is 0 Å². The molecule has 0 bridgehead atoms. The van der Waals surface area contributed by atoms with Crippen molar-refractivity contribution in [1.29, 1.82) is 0 Å². The lowest BCUT2D eigenvalue weighted by Crippen LogP contribution is -2.46. The van der Waals surface area contributed by atoms with E-state index < -0.39 is 29.6 Å². The molecule has 1 heterocycles. The van der Waals surface area contributed by atoms with Crippen molar-refractivity contribution in [2.45, 2.75) is 32.2 Å². The minimum Gasteiger partial charge on any atom is -0.481 e. The van der Waals surface area contributed by atoms with Crippen molar-refractivity contribution in [1.82, 2.24) is 10.2 Å². The molecule has 0 aromatic heterocycles. The van der Waals surface area contributed by atoms with Gasteiger partial charge in [-0.25, -0.2) is 8.78 Å². The van der Waals surface area contributed by atoms with E-state index in [9.17, 15) is 18.4 Å². The average molecular weight is 340 g/mol. The third kappa shape index (κ3) is 4.99. The van der Waals surface area contributed by atoms with Crippen LogP contribution in [0.5, 0.6) is 0 Å². The normalized spacial score (nSPS) is 19.7. The van der Waals surface area contributed by atoms with Gasteiger partial charge in [-0.1, -0.05) is 6.07 Å². The standard InChI is InChI=1S/C17H22F2N2O3/c1-11(8-13-14(18)5-2-6-15(13)19)20-16(22)10-21-7-3-4-12(9-21)17(23)24/h2,5-6,11-12H,3-4,7-10H2,1H3,(H,20,22)(H,23,24). The molecule has 1 aliphatic heterocycles. The smallest absolute Gasteiger partial charge is 0.307 e. The van der Waals surface area contributed by atoms with Crippen molar-refractivity contribution in [2.75, 3.05) is 19.6 Å². The maximum atomic E-state index is 13.6. The summed E-state index contributed by atoms with van der Waals surface area (Å²) in [7, 11) is 0. The number of halogens is 2. The Bertz CT molecular complexity index is 589. The second-order valence-corrected chi connectivity index (χ2v) is 6.29. The van der Waals surface area contributed by atoms with Gasteiger partial charge in [-0.3, -0.25) is 14.5 Å². The third-order valence-corrected chi connectivity index (χ3v) is 4.20. The number of nitrogens with one attached hydrogen (secondary N) is 1. The van der Waals surface area contributed by atoms with Crippen LogP contribution in [0.1, 0.15) is 25.3 Å². The summed E-state index contributed by atoms with van der Waals surface area (Å²) in [6.07, 6.45) is 1.42. The van der Waals surface area contributed by atoms with Gasteiger partial charge in [0.15, 0.2) is 0 Å². The molecule has 1 aromatic rings. The number of carboxylic acids is 1. The topological polar surface area (TPSA) is 69.6 Å². The fourth-order valence-corrected chi connectivity index (χ4v) is 3.01. The summed E-state index contributed by atoms with van der Waals surface area (Å²) in [6.45, 7) is 2.79. The van der Waals surface area contributed by atoms with E-state index in [2.05, 4.69) is 5.32 Å². The van der Waals surface area contributed by atoms with E-state index in [0.717, 1.165) is 6.42 Å². The van der Waals surface area contributed by atoms with Gasteiger partial charge in [0.2, 0.25) is 5.91 Å². The van der Waals surface area contributed by atoms with Crippen LogP contribution in [0, 0.1) is 17.6 Å². The molecule has 2 N–H and O–H groups in total. The lowest BCUT2D eigenvalue weighted by atomic mass is 9.98. The molecule has 1 fully saturated rings. The van der Waals surface area contributed by atoms with Crippen LogP contribution in [0.15, 0.2) is 18.2 Å². The maximum absolute atomic E-state index is 13.6. The summed E-state index contributed by atoms with van der Waals surface area (Å²) in [5.74, 6) is -2.82. The maximum Gasteiger partial charge on any atom is 0.307 e. The van der Waals surface area contributed by atoms with Crippen molar-refractivity contribution in [3.8, 4) is 0 Å². The molecule has 0 aliphatic carbocycles. The van der Waals surface area contributed by atoms with E-state index in [4.69, 9.17) is 5.11 Å². The highest BCUT2D eigenvalue weighted by Crippen LogP contribution is 2.16. The van der Waals surface area contributed by atoms with Crippen molar-refractivity contribution in [3.63, 3.8) is 0 Å². The van der Waals surface area contributed by atoms with Gasteiger partial charge in [-0.2, -0.15) is 0 Å². The highest BCUT2D eigenvalue weighted by molar-refractivity contribution is 5.78. The zero-order valence-corrected chi connectivity index (χ0v) is 13.6. The molecule has 132 valence electrons. The van der Waals surface area contributed by atoms with Gasteiger partial charge >= 0.3 is 5.97 Å². The fourth-order valence-electron chi connectivity index (χ4n) is 3.01. The predicted molar refractivity (Wildman–Crippen MR) is 84.5 cm³/mol. The van der Waals surface area contributed by atoms with E-state index in [0.29, 0.717) is 19.5 Å². The Morgan fingerprint density at radius 2 is 2.04 bits per heavy atom. The fraction of sp³-hybridized carbons (Fsp3) is 0.529.